The first-order valence-electron chi connectivity index (χ1n) is 6.86. The van der Waals surface area contributed by atoms with Crippen LogP contribution in [-0.2, 0) is 0 Å². The van der Waals surface area contributed by atoms with Gasteiger partial charge in [-0.15, -0.1) is 0 Å². The van der Waals surface area contributed by atoms with Crippen LogP contribution >= 0.6 is 0 Å². The lowest BCUT2D eigenvalue weighted by atomic mass is 10.1. The summed E-state index contributed by atoms with van der Waals surface area (Å²) in [6.45, 7) is 4.58. The zero-order chi connectivity index (χ0) is 12.6. The van der Waals surface area contributed by atoms with Gasteiger partial charge in [-0.3, -0.25) is 0 Å². The quantitative estimate of drug-likeness (QED) is 0.720. The van der Waals surface area contributed by atoms with Crippen LogP contribution in [0, 0.1) is 13.8 Å². The van der Waals surface area contributed by atoms with Crippen LogP contribution in [0.15, 0.2) is 48.5 Å². The largest absolute Gasteiger partial charge is 0.118 e. The fourth-order valence-corrected chi connectivity index (χ4v) is 8.47. The Kier molecular flexibility index (Phi) is 2.87. The van der Waals surface area contributed by atoms with Gasteiger partial charge < -0.3 is 0 Å². The summed E-state index contributed by atoms with van der Waals surface area (Å²) in [6.07, 6.45) is 1.41. The van der Waals surface area contributed by atoms with E-state index < -0.39 is 8.07 Å². The molecule has 1 heterocycles. The highest BCUT2D eigenvalue weighted by Gasteiger charge is 2.44. The van der Waals surface area contributed by atoms with Gasteiger partial charge in [0, 0.05) is 0 Å². The number of hydrogen-bond donors (Lipinski definition) is 0. The number of aryl methyl sites for hydroxylation is 2. The molecule has 1 fully saturated rings. The van der Waals surface area contributed by atoms with Crippen molar-refractivity contribution < 1.29 is 0 Å². The van der Waals surface area contributed by atoms with Crippen LogP contribution in [0.3, 0.4) is 0 Å². The van der Waals surface area contributed by atoms with Gasteiger partial charge in [0.1, 0.15) is 8.07 Å². The molecule has 0 amide bonds. The van der Waals surface area contributed by atoms with Crippen molar-refractivity contribution in [2.45, 2.75) is 32.4 Å². The molecule has 0 unspecified atom stereocenters. The Bertz CT molecular complexity index is 533. The smallest absolute Gasteiger partial charge is 0.0626 e. The Hall–Kier alpha value is -1.34. The Labute approximate surface area is 111 Å². The van der Waals surface area contributed by atoms with Gasteiger partial charge in [0.2, 0.25) is 0 Å². The van der Waals surface area contributed by atoms with Crippen LogP contribution in [0.5, 0.6) is 0 Å². The third-order valence-corrected chi connectivity index (χ3v) is 10.1. The Balaban J connectivity index is 2.19. The monoisotopic (exact) mass is 252 g/mol. The summed E-state index contributed by atoms with van der Waals surface area (Å²) >= 11 is 0. The van der Waals surface area contributed by atoms with E-state index in [0.29, 0.717) is 0 Å². The normalized spacial score (nSPS) is 17.2. The molecular weight excluding hydrogens is 232 g/mol. The Morgan fingerprint density at radius 3 is 1.89 bits per heavy atom. The highest BCUT2D eigenvalue weighted by Crippen LogP contribution is 2.33. The topological polar surface area (TPSA) is 0 Å². The summed E-state index contributed by atoms with van der Waals surface area (Å²) in [6, 6.07) is 20.9. The lowest BCUT2D eigenvalue weighted by Gasteiger charge is -2.42. The molecule has 1 heteroatoms. The lowest BCUT2D eigenvalue weighted by molar-refractivity contribution is 0.925. The molecule has 3 rings (SSSR count). The fraction of sp³-hybridized carbons (Fsp3) is 0.294. The van der Waals surface area contributed by atoms with Gasteiger partial charge in [0.15, 0.2) is 0 Å². The maximum Gasteiger partial charge on any atom is 0.118 e. The van der Waals surface area contributed by atoms with E-state index in [9.17, 15) is 0 Å². The first-order chi connectivity index (χ1) is 8.74. The number of rotatable bonds is 2. The van der Waals surface area contributed by atoms with Crippen LogP contribution < -0.4 is 10.4 Å². The average Bonchev–Trinajstić information content (AvgIpc) is 2.33. The maximum absolute atomic E-state index is 2.36. The lowest BCUT2D eigenvalue weighted by Crippen LogP contribution is -2.64. The van der Waals surface area contributed by atoms with E-state index in [4.69, 9.17) is 0 Å². The van der Waals surface area contributed by atoms with Crippen molar-refractivity contribution in [3.63, 3.8) is 0 Å². The summed E-state index contributed by atoms with van der Waals surface area (Å²) in [5, 5.41) is 3.34. The van der Waals surface area contributed by atoms with Crippen LogP contribution in [0.25, 0.3) is 0 Å². The van der Waals surface area contributed by atoms with Gasteiger partial charge in [-0.2, -0.15) is 0 Å². The molecule has 0 N–H and O–H groups in total. The predicted molar refractivity (Wildman–Crippen MR) is 81.6 cm³/mol. The van der Waals surface area contributed by atoms with Crippen molar-refractivity contribution in [1.82, 2.24) is 0 Å². The third-order valence-electron chi connectivity index (χ3n) is 4.49. The summed E-state index contributed by atoms with van der Waals surface area (Å²) in [4.78, 5) is 0. The second kappa shape index (κ2) is 4.40. The molecule has 0 radical (unpaired) electrons. The fourth-order valence-electron chi connectivity index (χ4n) is 3.54. The van der Waals surface area contributed by atoms with Gasteiger partial charge in [-0.25, -0.2) is 0 Å². The SMILES string of the molecule is Cc1cccc(C)c1[Si]1(c2ccccc2)CCC1. The molecule has 18 heavy (non-hydrogen) atoms. The van der Waals surface area contributed by atoms with Gasteiger partial charge in [-0.05, 0) is 31.1 Å². The Morgan fingerprint density at radius 1 is 0.778 bits per heavy atom. The van der Waals surface area contributed by atoms with E-state index in [2.05, 4.69) is 62.4 Å². The molecule has 0 aromatic heterocycles. The minimum Gasteiger partial charge on any atom is -0.0626 e. The van der Waals surface area contributed by atoms with Crippen molar-refractivity contribution in [3.05, 3.63) is 59.7 Å². The average molecular weight is 252 g/mol. The molecule has 0 atom stereocenters. The second-order valence-electron chi connectivity index (χ2n) is 5.57. The van der Waals surface area contributed by atoms with Crippen molar-refractivity contribution in [2.75, 3.05) is 0 Å². The van der Waals surface area contributed by atoms with Crippen molar-refractivity contribution in [1.29, 1.82) is 0 Å². The zero-order valence-electron chi connectivity index (χ0n) is 11.2. The number of hydrogen-bond acceptors (Lipinski definition) is 0. The van der Waals surface area contributed by atoms with E-state index in [1.165, 1.54) is 29.6 Å². The van der Waals surface area contributed by atoms with Gasteiger partial charge >= 0.3 is 0 Å². The van der Waals surface area contributed by atoms with Crippen LogP contribution in [0.1, 0.15) is 17.5 Å². The van der Waals surface area contributed by atoms with Gasteiger partial charge in [-0.1, -0.05) is 71.3 Å². The van der Waals surface area contributed by atoms with Crippen LogP contribution in [0.2, 0.25) is 12.1 Å². The van der Waals surface area contributed by atoms with Gasteiger partial charge in [0.05, 0.1) is 0 Å². The molecule has 2 aromatic carbocycles. The maximum atomic E-state index is 2.36. The molecule has 0 bridgehead atoms. The molecule has 1 aliphatic rings. The standard InChI is InChI=1S/C17H20Si/c1-14-8-6-9-15(2)17(14)18(12-7-13-18)16-10-4-3-5-11-16/h3-6,8-11H,7,12-13H2,1-2H3. The first kappa shape index (κ1) is 11.7. The molecule has 2 aromatic rings. The molecule has 1 saturated heterocycles. The minimum absolute atomic E-state index is 1.38. The molecule has 1 aliphatic heterocycles. The summed E-state index contributed by atoms with van der Waals surface area (Å²) in [5.74, 6) is 0. The summed E-state index contributed by atoms with van der Waals surface area (Å²) in [5.41, 5.74) is 3.01. The summed E-state index contributed by atoms with van der Waals surface area (Å²) in [7, 11) is -1.38. The van der Waals surface area contributed by atoms with E-state index in [1.54, 1.807) is 10.4 Å². The second-order valence-corrected chi connectivity index (χ2v) is 9.81. The molecule has 92 valence electrons. The molecule has 0 spiro atoms. The van der Waals surface area contributed by atoms with E-state index in [1.807, 2.05) is 0 Å². The summed E-state index contributed by atoms with van der Waals surface area (Å²) < 4.78 is 0. The highest BCUT2D eigenvalue weighted by molar-refractivity contribution is 7.04. The number of benzene rings is 2. The zero-order valence-corrected chi connectivity index (χ0v) is 12.2. The van der Waals surface area contributed by atoms with E-state index in [-0.39, 0.29) is 0 Å². The van der Waals surface area contributed by atoms with Crippen LogP contribution in [0.4, 0.5) is 0 Å². The third kappa shape index (κ3) is 1.65. The predicted octanol–water partition coefficient (Wildman–Crippen LogP) is 3.27. The van der Waals surface area contributed by atoms with Crippen molar-refractivity contribution >= 4 is 18.4 Å². The molecule has 0 aliphatic carbocycles. The molecular formula is C17H20Si. The molecule has 0 nitrogen and oxygen atoms in total. The van der Waals surface area contributed by atoms with Gasteiger partial charge in [0.25, 0.3) is 0 Å². The van der Waals surface area contributed by atoms with Crippen molar-refractivity contribution in [3.8, 4) is 0 Å². The van der Waals surface area contributed by atoms with Crippen LogP contribution in [-0.4, -0.2) is 8.07 Å². The molecule has 0 saturated carbocycles. The van der Waals surface area contributed by atoms with E-state index in [0.717, 1.165) is 0 Å². The highest BCUT2D eigenvalue weighted by atomic mass is 28.3. The minimum atomic E-state index is -1.38. The van der Waals surface area contributed by atoms with Crippen molar-refractivity contribution in [2.24, 2.45) is 0 Å². The first-order valence-corrected chi connectivity index (χ1v) is 9.28. The van der Waals surface area contributed by atoms with E-state index >= 15 is 0 Å². The Morgan fingerprint density at radius 2 is 1.39 bits per heavy atom.